The summed E-state index contributed by atoms with van der Waals surface area (Å²) < 4.78 is 6.03. The Morgan fingerprint density at radius 2 is 2.32 bits per heavy atom. The van der Waals surface area contributed by atoms with Gasteiger partial charge in [0.2, 0.25) is 0 Å². The summed E-state index contributed by atoms with van der Waals surface area (Å²) in [5.74, 6) is 2.33. The summed E-state index contributed by atoms with van der Waals surface area (Å²) in [5, 5.41) is 12.7. The first-order chi connectivity index (χ1) is 9.31. The summed E-state index contributed by atoms with van der Waals surface area (Å²) in [5.41, 5.74) is 1.77. The molecule has 0 amide bonds. The third kappa shape index (κ3) is 2.72. The first kappa shape index (κ1) is 12.8. The Morgan fingerprint density at radius 3 is 3.11 bits per heavy atom. The third-order valence-corrected chi connectivity index (χ3v) is 5.19. The normalized spacial score (nSPS) is 30.2. The van der Waals surface area contributed by atoms with Gasteiger partial charge in [-0.2, -0.15) is 17.0 Å². The molecule has 0 saturated carbocycles. The Labute approximate surface area is 118 Å². The first-order valence-corrected chi connectivity index (χ1v) is 7.94. The minimum atomic E-state index is 0.0855. The number of ether oxygens (including phenoxy) is 1. The zero-order valence-corrected chi connectivity index (χ0v) is 11.7. The molecule has 2 heterocycles. The summed E-state index contributed by atoms with van der Waals surface area (Å²) in [6, 6.07) is 10.4. The average Bonchev–Trinajstić information content (AvgIpc) is 2.87. The molecule has 1 N–H and O–H groups in total. The van der Waals surface area contributed by atoms with Gasteiger partial charge >= 0.3 is 0 Å². The molecule has 1 aromatic carbocycles. The molecule has 2 fully saturated rings. The van der Waals surface area contributed by atoms with Crippen molar-refractivity contribution in [2.75, 3.05) is 23.4 Å². The van der Waals surface area contributed by atoms with E-state index in [0.29, 0.717) is 6.04 Å². The molecule has 0 aliphatic carbocycles. The van der Waals surface area contributed by atoms with Gasteiger partial charge in [-0.3, -0.25) is 0 Å². The van der Waals surface area contributed by atoms with Crippen LogP contribution >= 0.6 is 11.8 Å². The van der Waals surface area contributed by atoms with Crippen LogP contribution in [0, 0.1) is 11.3 Å². The van der Waals surface area contributed by atoms with Crippen LogP contribution in [-0.2, 0) is 4.74 Å². The molecular formula is C15H18N2OS. The Kier molecular flexibility index (Phi) is 3.67. The van der Waals surface area contributed by atoms with Crippen LogP contribution in [0.1, 0.15) is 24.8 Å². The summed E-state index contributed by atoms with van der Waals surface area (Å²) in [6.45, 7) is 0.826. The van der Waals surface area contributed by atoms with Crippen molar-refractivity contribution < 1.29 is 4.74 Å². The van der Waals surface area contributed by atoms with Crippen LogP contribution in [0.5, 0.6) is 0 Å². The number of nitrogens with zero attached hydrogens (tertiary/aromatic N) is 1. The highest BCUT2D eigenvalue weighted by atomic mass is 32.2. The lowest BCUT2D eigenvalue weighted by Crippen LogP contribution is -2.44. The monoisotopic (exact) mass is 274 g/mol. The van der Waals surface area contributed by atoms with Gasteiger partial charge in [-0.15, -0.1) is 0 Å². The lowest BCUT2D eigenvalue weighted by molar-refractivity contribution is -0.0628. The van der Waals surface area contributed by atoms with Gasteiger partial charge in [0.25, 0.3) is 0 Å². The van der Waals surface area contributed by atoms with Gasteiger partial charge in [0.05, 0.1) is 16.9 Å². The summed E-state index contributed by atoms with van der Waals surface area (Å²) >= 11 is 1.99. The van der Waals surface area contributed by atoms with Gasteiger partial charge in [0.15, 0.2) is 0 Å². The van der Waals surface area contributed by atoms with E-state index in [4.69, 9.17) is 10.00 Å². The Bertz CT molecular complexity index is 491. The van der Waals surface area contributed by atoms with Gasteiger partial charge in [0, 0.05) is 18.4 Å². The van der Waals surface area contributed by atoms with Crippen molar-refractivity contribution in [2.45, 2.75) is 30.9 Å². The van der Waals surface area contributed by atoms with Gasteiger partial charge in [0.1, 0.15) is 6.07 Å². The standard InChI is InChI=1S/C15H18N2OS/c16-10-12-3-1-2-4-14(12)17-13-5-7-18-15(9-13)6-8-19-11-15/h1-4,13,17H,5-9,11H2. The summed E-state index contributed by atoms with van der Waals surface area (Å²) in [6.07, 6.45) is 3.24. The van der Waals surface area contributed by atoms with Gasteiger partial charge in [-0.1, -0.05) is 12.1 Å². The quantitative estimate of drug-likeness (QED) is 0.900. The maximum Gasteiger partial charge on any atom is 0.101 e. The van der Waals surface area contributed by atoms with Crippen molar-refractivity contribution in [3.63, 3.8) is 0 Å². The molecule has 100 valence electrons. The highest BCUT2D eigenvalue weighted by Gasteiger charge is 2.40. The second kappa shape index (κ2) is 5.44. The number of benzene rings is 1. The van der Waals surface area contributed by atoms with Crippen LogP contribution in [-0.4, -0.2) is 29.8 Å². The van der Waals surface area contributed by atoms with Crippen molar-refractivity contribution in [3.8, 4) is 6.07 Å². The molecule has 2 atom stereocenters. The van der Waals surface area contributed by atoms with Crippen molar-refractivity contribution in [1.82, 2.24) is 0 Å². The molecule has 1 spiro atoms. The number of nitrogens with one attached hydrogen (secondary N) is 1. The molecule has 0 bridgehead atoms. The number of hydrogen-bond acceptors (Lipinski definition) is 4. The predicted molar refractivity (Wildman–Crippen MR) is 78.4 cm³/mol. The van der Waals surface area contributed by atoms with Crippen LogP contribution in [0.3, 0.4) is 0 Å². The molecule has 0 aromatic heterocycles. The molecule has 3 rings (SSSR count). The fraction of sp³-hybridized carbons (Fsp3) is 0.533. The predicted octanol–water partition coefficient (Wildman–Crippen LogP) is 3.02. The second-order valence-electron chi connectivity index (χ2n) is 5.33. The van der Waals surface area contributed by atoms with E-state index in [0.717, 1.165) is 42.9 Å². The lowest BCUT2D eigenvalue weighted by Gasteiger charge is -2.38. The molecule has 19 heavy (non-hydrogen) atoms. The van der Waals surface area contributed by atoms with E-state index >= 15 is 0 Å². The highest BCUT2D eigenvalue weighted by Crippen LogP contribution is 2.39. The number of rotatable bonds is 2. The van der Waals surface area contributed by atoms with Crippen molar-refractivity contribution >= 4 is 17.4 Å². The van der Waals surface area contributed by atoms with Gasteiger partial charge in [-0.25, -0.2) is 0 Å². The van der Waals surface area contributed by atoms with E-state index in [2.05, 4.69) is 11.4 Å². The molecular weight excluding hydrogens is 256 g/mol. The van der Waals surface area contributed by atoms with Crippen molar-refractivity contribution in [2.24, 2.45) is 0 Å². The number of nitriles is 1. The van der Waals surface area contributed by atoms with E-state index < -0.39 is 0 Å². The van der Waals surface area contributed by atoms with E-state index in [9.17, 15) is 0 Å². The smallest absolute Gasteiger partial charge is 0.101 e. The Balaban J connectivity index is 1.71. The van der Waals surface area contributed by atoms with Crippen molar-refractivity contribution in [3.05, 3.63) is 29.8 Å². The van der Waals surface area contributed by atoms with E-state index in [-0.39, 0.29) is 5.60 Å². The van der Waals surface area contributed by atoms with Crippen LogP contribution in [0.2, 0.25) is 0 Å². The Hall–Kier alpha value is -1.18. The fourth-order valence-corrected chi connectivity index (χ4v) is 4.32. The minimum absolute atomic E-state index is 0.0855. The SMILES string of the molecule is N#Cc1ccccc1NC1CCOC2(CCSC2)C1. The minimum Gasteiger partial charge on any atom is -0.381 e. The highest BCUT2D eigenvalue weighted by molar-refractivity contribution is 7.99. The van der Waals surface area contributed by atoms with E-state index in [1.54, 1.807) is 0 Å². The van der Waals surface area contributed by atoms with Crippen LogP contribution in [0.15, 0.2) is 24.3 Å². The average molecular weight is 274 g/mol. The maximum absolute atomic E-state index is 9.13. The van der Waals surface area contributed by atoms with Crippen molar-refractivity contribution in [1.29, 1.82) is 5.26 Å². The largest absolute Gasteiger partial charge is 0.381 e. The molecule has 0 radical (unpaired) electrons. The molecule has 2 unspecified atom stereocenters. The zero-order valence-electron chi connectivity index (χ0n) is 10.9. The molecule has 2 saturated heterocycles. The topological polar surface area (TPSA) is 45.0 Å². The number of thioether (sulfide) groups is 1. The van der Waals surface area contributed by atoms with Gasteiger partial charge in [-0.05, 0) is 37.1 Å². The Morgan fingerprint density at radius 1 is 1.42 bits per heavy atom. The van der Waals surface area contributed by atoms with Gasteiger partial charge < -0.3 is 10.1 Å². The molecule has 4 heteroatoms. The summed E-state index contributed by atoms with van der Waals surface area (Å²) in [4.78, 5) is 0. The number of hydrogen-bond donors (Lipinski definition) is 1. The molecule has 2 aliphatic heterocycles. The fourth-order valence-electron chi connectivity index (χ4n) is 2.94. The molecule has 1 aromatic rings. The van der Waals surface area contributed by atoms with E-state index in [1.165, 1.54) is 5.75 Å². The van der Waals surface area contributed by atoms with Crippen LogP contribution < -0.4 is 5.32 Å². The van der Waals surface area contributed by atoms with Crippen LogP contribution in [0.25, 0.3) is 0 Å². The molecule has 2 aliphatic rings. The third-order valence-electron chi connectivity index (χ3n) is 3.97. The first-order valence-electron chi connectivity index (χ1n) is 6.79. The number of anilines is 1. The summed E-state index contributed by atoms with van der Waals surface area (Å²) in [7, 11) is 0. The lowest BCUT2D eigenvalue weighted by atomic mass is 9.89. The number of para-hydroxylation sites is 1. The van der Waals surface area contributed by atoms with Crippen LogP contribution in [0.4, 0.5) is 5.69 Å². The second-order valence-corrected chi connectivity index (χ2v) is 6.43. The zero-order chi connectivity index (χ0) is 13.1. The molecule has 3 nitrogen and oxygen atoms in total. The van der Waals surface area contributed by atoms with E-state index in [1.807, 2.05) is 36.0 Å². The maximum atomic E-state index is 9.13.